The minimum atomic E-state index is -0.956. The van der Waals surface area contributed by atoms with Crippen molar-refractivity contribution in [1.29, 1.82) is 0 Å². The summed E-state index contributed by atoms with van der Waals surface area (Å²) >= 11 is 0. The monoisotopic (exact) mass is 473 g/mol. The number of benzene rings is 2. The van der Waals surface area contributed by atoms with Gasteiger partial charge in [-0.3, -0.25) is 9.59 Å². The Morgan fingerprint density at radius 2 is 1.53 bits per heavy atom. The summed E-state index contributed by atoms with van der Waals surface area (Å²) in [7, 11) is 7.62. The van der Waals surface area contributed by atoms with Gasteiger partial charge in [-0.25, -0.2) is 0 Å². The van der Waals surface area contributed by atoms with Gasteiger partial charge in [0.1, 0.15) is 0 Å². The third kappa shape index (κ3) is 4.98. The number of methoxy groups -OCH3 is 5. The molecule has 0 spiro atoms. The van der Waals surface area contributed by atoms with Gasteiger partial charge in [0.2, 0.25) is 11.7 Å². The van der Waals surface area contributed by atoms with E-state index >= 15 is 0 Å². The van der Waals surface area contributed by atoms with Crippen LogP contribution in [0, 0.1) is 5.92 Å². The molecule has 0 unspecified atom stereocenters. The maximum atomic E-state index is 13.0. The molecule has 34 heavy (non-hydrogen) atoms. The van der Waals surface area contributed by atoms with Crippen LogP contribution in [-0.4, -0.2) is 64.0 Å². The maximum Gasteiger partial charge on any atom is 0.308 e. The lowest BCUT2D eigenvalue weighted by Gasteiger charge is -2.40. The number of nitrogens with zero attached hydrogens (tertiary/aromatic N) is 1. The van der Waals surface area contributed by atoms with Crippen molar-refractivity contribution in [2.24, 2.45) is 5.92 Å². The molecule has 1 aliphatic rings. The quantitative estimate of drug-likeness (QED) is 0.560. The number of hydrogen-bond donors (Lipinski definition) is 1. The number of hydrogen-bond acceptors (Lipinski definition) is 7. The summed E-state index contributed by atoms with van der Waals surface area (Å²) in [5.74, 6) is 0.582. The van der Waals surface area contributed by atoms with Gasteiger partial charge in [-0.1, -0.05) is 6.07 Å². The van der Waals surface area contributed by atoms with E-state index in [9.17, 15) is 14.7 Å². The van der Waals surface area contributed by atoms with E-state index < -0.39 is 17.9 Å². The number of piperidine rings is 1. The van der Waals surface area contributed by atoms with Crippen LogP contribution in [-0.2, 0) is 16.0 Å². The largest absolute Gasteiger partial charge is 0.493 e. The fourth-order valence-electron chi connectivity index (χ4n) is 4.45. The van der Waals surface area contributed by atoms with Crippen LogP contribution in [0.25, 0.3) is 0 Å². The predicted octanol–water partition coefficient (Wildman–Crippen LogP) is 3.34. The Balaban J connectivity index is 1.99. The van der Waals surface area contributed by atoms with Crippen LogP contribution in [0.2, 0.25) is 0 Å². The normalized spacial score (nSPS) is 17.8. The van der Waals surface area contributed by atoms with E-state index in [1.54, 1.807) is 31.3 Å². The molecular formula is C25H31NO8. The molecule has 1 aliphatic heterocycles. The van der Waals surface area contributed by atoms with Crippen molar-refractivity contribution in [1.82, 2.24) is 4.90 Å². The molecular weight excluding hydrogens is 442 g/mol. The average Bonchev–Trinajstić information content (AvgIpc) is 2.86. The second kappa shape index (κ2) is 11.0. The van der Waals surface area contributed by atoms with Gasteiger partial charge >= 0.3 is 5.97 Å². The molecule has 0 radical (unpaired) electrons. The zero-order valence-corrected chi connectivity index (χ0v) is 20.1. The Hall–Kier alpha value is -3.62. The van der Waals surface area contributed by atoms with Crippen LogP contribution < -0.4 is 23.7 Å². The maximum absolute atomic E-state index is 13.0. The van der Waals surface area contributed by atoms with Crippen LogP contribution >= 0.6 is 0 Å². The van der Waals surface area contributed by atoms with Crippen LogP contribution in [0.5, 0.6) is 28.7 Å². The molecule has 184 valence electrons. The first-order valence-corrected chi connectivity index (χ1v) is 10.9. The summed E-state index contributed by atoms with van der Waals surface area (Å²) in [6.45, 7) is 0.333. The molecule has 3 rings (SSSR count). The van der Waals surface area contributed by atoms with Crippen LogP contribution in [0.15, 0.2) is 30.3 Å². The molecule has 0 aromatic heterocycles. The Morgan fingerprint density at radius 3 is 2.06 bits per heavy atom. The lowest BCUT2D eigenvalue weighted by Crippen LogP contribution is -2.46. The Labute approximate surface area is 199 Å². The molecule has 0 bridgehead atoms. The van der Waals surface area contributed by atoms with E-state index in [1.807, 2.05) is 18.2 Å². The zero-order chi connectivity index (χ0) is 24.8. The van der Waals surface area contributed by atoms with Gasteiger partial charge in [-0.2, -0.15) is 0 Å². The number of carboxylic acid groups (broad SMARTS) is 1. The third-order valence-corrected chi connectivity index (χ3v) is 6.14. The minimum Gasteiger partial charge on any atom is -0.493 e. The Morgan fingerprint density at radius 1 is 0.912 bits per heavy atom. The molecule has 2 aromatic rings. The molecule has 1 heterocycles. The molecule has 0 aliphatic carbocycles. The second-order valence-electron chi connectivity index (χ2n) is 7.91. The number of likely N-dealkylation sites (tertiary alicyclic amines) is 1. The van der Waals surface area contributed by atoms with E-state index in [2.05, 4.69) is 0 Å². The lowest BCUT2D eigenvalue weighted by molar-refractivity contribution is -0.152. The average molecular weight is 474 g/mol. The summed E-state index contributed by atoms with van der Waals surface area (Å²) in [5.41, 5.74) is 1.55. The molecule has 9 nitrogen and oxygen atoms in total. The van der Waals surface area contributed by atoms with Gasteiger partial charge in [-0.05, 0) is 48.2 Å². The first-order valence-electron chi connectivity index (χ1n) is 10.9. The Bertz CT molecular complexity index is 1010. The lowest BCUT2D eigenvalue weighted by atomic mass is 9.83. The number of rotatable bonds is 10. The number of carbonyl (C=O) groups is 2. The van der Waals surface area contributed by atoms with Crippen LogP contribution in [0.1, 0.15) is 30.0 Å². The predicted molar refractivity (Wildman–Crippen MR) is 124 cm³/mol. The highest BCUT2D eigenvalue weighted by Crippen LogP contribution is 2.44. The van der Waals surface area contributed by atoms with Crippen molar-refractivity contribution < 1.29 is 38.4 Å². The van der Waals surface area contributed by atoms with E-state index in [-0.39, 0.29) is 18.7 Å². The first kappa shape index (κ1) is 25.0. The van der Waals surface area contributed by atoms with E-state index in [4.69, 9.17) is 23.7 Å². The van der Waals surface area contributed by atoms with Crippen molar-refractivity contribution in [3.8, 4) is 28.7 Å². The van der Waals surface area contributed by atoms with Crippen molar-refractivity contribution in [2.45, 2.75) is 25.3 Å². The SMILES string of the molecule is COc1ccc(CCN2C(=O)CC[C@H](C(=O)O)[C@H]2c2cc(OC)c(OC)c(OC)c2)cc1OC. The molecule has 1 fully saturated rings. The third-order valence-electron chi connectivity index (χ3n) is 6.14. The number of aliphatic carboxylic acids is 1. The topological polar surface area (TPSA) is 104 Å². The summed E-state index contributed by atoms with van der Waals surface area (Å²) in [4.78, 5) is 26.9. The highest BCUT2D eigenvalue weighted by molar-refractivity contribution is 5.82. The van der Waals surface area contributed by atoms with Gasteiger partial charge in [0, 0.05) is 13.0 Å². The van der Waals surface area contributed by atoms with E-state index in [1.165, 1.54) is 21.3 Å². The van der Waals surface area contributed by atoms with Crippen LogP contribution in [0.3, 0.4) is 0 Å². The van der Waals surface area contributed by atoms with Gasteiger partial charge in [-0.15, -0.1) is 0 Å². The van der Waals surface area contributed by atoms with Crippen molar-refractivity contribution in [3.63, 3.8) is 0 Å². The highest BCUT2D eigenvalue weighted by Gasteiger charge is 2.41. The molecule has 0 saturated carbocycles. The minimum absolute atomic E-state index is 0.100. The first-order chi connectivity index (χ1) is 16.4. The Kier molecular flexibility index (Phi) is 8.09. The number of amides is 1. The molecule has 1 amide bonds. The van der Waals surface area contributed by atoms with Crippen molar-refractivity contribution >= 4 is 11.9 Å². The number of carbonyl (C=O) groups excluding carboxylic acids is 1. The van der Waals surface area contributed by atoms with Crippen molar-refractivity contribution in [3.05, 3.63) is 41.5 Å². The zero-order valence-electron chi connectivity index (χ0n) is 20.1. The molecule has 1 N–H and O–H groups in total. The standard InChI is InChI=1S/C25H31NO8/c1-30-18-8-6-15(12-19(18)31-2)10-11-26-22(27)9-7-17(25(28)29)23(26)16-13-20(32-3)24(34-5)21(14-16)33-4/h6,8,12-14,17,23H,7,9-11H2,1-5H3,(H,28,29)/t17-,23+/m0/s1. The van der Waals surface area contributed by atoms with Crippen LogP contribution in [0.4, 0.5) is 0 Å². The summed E-state index contributed by atoms with van der Waals surface area (Å²) < 4.78 is 27.0. The number of ether oxygens (including phenoxy) is 5. The summed E-state index contributed by atoms with van der Waals surface area (Å²) in [6.07, 6.45) is 0.936. The summed E-state index contributed by atoms with van der Waals surface area (Å²) in [6, 6.07) is 8.30. The van der Waals surface area contributed by atoms with Gasteiger partial charge in [0.05, 0.1) is 47.5 Å². The fourth-order valence-corrected chi connectivity index (χ4v) is 4.45. The molecule has 2 atom stereocenters. The molecule has 2 aromatic carbocycles. The van der Waals surface area contributed by atoms with E-state index in [0.29, 0.717) is 47.3 Å². The van der Waals surface area contributed by atoms with Crippen molar-refractivity contribution in [2.75, 3.05) is 42.1 Å². The van der Waals surface area contributed by atoms with E-state index in [0.717, 1.165) is 5.56 Å². The summed E-state index contributed by atoms with van der Waals surface area (Å²) in [5, 5.41) is 9.98. The molecule has 1 saturated heterocycles. The smallest absolute Gasteiger partial charge is 0.308 e. The molecule has 9 heteroatoms. The second-order valence-corrected chi connectivity index (χ2v) is 7.91. The number of carboxylic acids is 1. The highest BCUT2D eigenvalue weighted by atomic mass is 16.5. The van der Waals surface area contributed by atoms with Gasteiger partial charge in [0.15, 0.2) is 23.0 Å². The van der Waals surface area contributed by atoms with Gasteiger partial charge < -0.3 is 33.7 Å². The van der Waals surface area contributed by atoms with Gasteiger partial charge in [0.25, 0.3) is 0 Å². The fraction of sp³-hybridized carbons (Fsp3) is 0.440.